The molecule has 2 N–H and O–H groups in total. The van der Waals surface area contributed by atoms with Crippen molar-refractivity contribution in [3.05, 3.63) is 107 Å². The molecule has 0 saturated carbocycles. The molecular weight excluding hydrogens is 430 g/mol. The van der Waals surface area contributed by atoms with Crippen molar-refractivity contribution in [2.45, 2.75) is 6.54 Å². The number of aryl methyl sites for hydroxylation is 1. The third kappa shape index (κ3) is 3.98. The number of amides is 1. The molecule has 5 aromatic rings. The number of benzene rings is 3. The molecule has 0 spiro atoms. The first kappa shape index (κ1) is 21.3. The molecule has 0 atom stereocenters. The number of carbonyl (C=O) groups excluding carboxylic acids is 1. The van der Waals surface area contributed by atoms with Crippen LogP contribution in [0.25, 0.3) is 33.4 Å². The predicted octanol–water partition coefficient (Wildman–Crippen LogP) is 3.63. The zero-order chi connectivity index (χ0) is 23.7. The van der Waals surface area contributed by atoms with Gasteiger partial charge in [0.15, 0.2) is 0 Å². The van der Waals surface area contributed by atoms with Crippen molar-refractivity contribution in [1.82, 2.24) is 24.8 Å². The van der Waals surface area contributed by atoms with Crippen LogP contribution >= 0.6 is 0 Å². The molecule has 0 saturated heterocycles. The highest BCUT2D eigenvalue weighted by Gasteiger charge is 2.14. The highest BCUT2D eigenvalue weighted by Crippen LogP contribution is 2.28. The van der Waals surface area contributed by atoms with E-state index in [0.717, 1.165) is 28.1 Å². The maximum absolute atomic E-state index is 12.7. The summed E-state index contributed by atoms with van der Waals surface area (Å²) >= 11 is 0. The molecule has 8 nitrogen and oxygen atoms in total. The molecule has 2 aromatic heterocycles. The average molecular weight is 451 g/mol. The van der Waals surface area contributed by atoms with E-state index in [0.29, 0.717) is 23.0 Å². The normalized spacial score (nSPS) is 11.0. The maximum Gasteiger partial charge on any atom is 0.274 e. The Bertz CT molecular complexity index is 1550. The number of rotatable bonds is 5. The lowest BCUT2D eigenvalue weighted by Crippen LogP contribution is -2.18. The van der Waals surface area contributed by atoms with Crippen molar-refractivity contribution in [2.75, 3.05) is 0 Å². The Morgan fingerprint density at radius 2 is 1.74 bits per heavy atom. The second-order valence-corrected chi connectivity index (χ2v) is 7.97. The zero-order valence-corrected chi connectivity index (χ0v) is 18.3. The van der Waals surface area contributed by atoms with Crippen molar-refractivity contribution >= 4 is 16.8 Å². The number of nitrogens with one attached hydrogen (secondary N) is 1. The molecule has 0 unspecified atom stereocenters. The fourth-order valence-corrected chi connectivity index (χ4v) is 3.89. The fraction of sp³-hybridized carbons (Fsp3) is 0.0769. The molecule has 2 heterocycles. The summed E-state index contributed by atoms with van der Waals surface area (Å²) in [6.07, 6.45) is 1.52. The summed E-state index contributed by atoms with van der Waals surface area (Å²) in [7, 11) is 1.68. The van der Waals surface area contributed by atoms with E-state index >= 15 is 0 Å². The van der Waals surface area contributed by atoms with Crippen LogP contribution in [-0.2, 0) is 13.6 Å². The Labute approximate surface area is 194 Å². The minimum absolute atomic E-state index is 0.112. The van der Waals surface area contributed by atoms with Crippen LogP contribution < -0.4 is 11.0 Å². The number of aromatic nitrogens is 4. The lowest BCUT2D eigenvalue weighted by atomic mass is 10.1. The van der Waals surface area contributed by atoms with Crippen LogP contribution in [-0.4, -0.2) is 30.4 Å². The van der Waals surface area contributed by atoms with E-state index in [1.54, 1.807) is 24.7 Å². The number of hydrogen-bond donors (Lipinski definition) is 2. The molecule has 34 heavy (non-hydrogen) atoms. The van der Waals surface area contributed by atoms with Crippen molar-refractivity contribution in [3.63, 3.8) is 0 Å². The molecule has 0 bridgehead atoms. The van der Waals surface area contributed by atoms with Crippen molar-refractivity contribution in [1.29, 1.82) is 0 Å². The van der Waals surface area contributed by atoms with Gasteiger partial charge in [0.2, 0.25) is 0 Å². The second kappa shape index (κ2) is 8.76. The van der Waals surface area contributed by atoms with E-state index in [9.17, 15) is 9.59 Å². The second-order valence-electron chi connectivity index (χ2n) is 7.97. The standard InChI is InChI=1S/C26H21N5O3/c1-30-16-27-22-12-11-20(13-21(22)26(30)33)24-14-23(18-5-3-2-4-6-18)28-31(24)15-17-7-9-19(10-8-17)25(32)29-34/h2-14,16,34H,15H2,1H3,(H,29,32). The molecule has 0 aliphatic carbocycles. The quantitative estimate of drug-likeness (QED) is 0.314. The molecule has 5 rings (SSSR count). The van der Waals surface area contributed by atoms with E-state index in [4.69, 9.17) is 10.3 Å². The number of carbonyl (C=O) groups is 1. The van der Waals surface area contributed by atoms with Crippen LogP contribution in [0.15, 0.2) is 90.0 Å². The van der Waals surface area contributed by atoms with Gasteiger partial charge in [-0.1, -0.05) is 48.5 Å². The summed E-state index contributed by atoms with van der Waals surface area (Å²) in [6.45, 7) is 0.451. The van der Waals surface area contributed by atoms with Gasteiger partial charge in [-0.05, 0) is 35.9 Å². The van der Waals surface area contributed by atoms with Gasteiger partial charge in [-0.15, -0.1) is 0 Å². The molecular formula is C26H21N5O3. The number of hydrogen-bond acceptors (Lipinski definition) is 5. The molecule has 0 aliphatic rings. The summed E-state index contributed by atoms with van der Waals surface area (Å²) in [5.74, 6) is -0.566. The van der Waals surface area contributed by atoms with Crippen LogP contribution in [0.4, 0.5) is 0 Å². The monoisotopic (exact) mass is 451 g/mol. The maximum atomic E-state index is 12.7. The van der Waals surface area contributed by atoms with E-state index in [1.807, 2.05) is 71.4 Å². The van der Waals surface area contributed by atoms with Crippen molar-refractivity contribution < 1.29 is 10.0 Å². The summed E-state index contributed by atoms with van der Waals surface area (Å²) in [5.41, 5.74) is 6.94. The first-order valence-corrected chi connectivity index (χ1v) is 10.7. The van der Waals surface area contributed by atoms with Gasteiger partial charge < -0.3 is 4.57 Å². The van der Waals surface area contributed by atoms with Crippen molar-refractivity contribution in [3.8, 4) is 22.5 Å². The molecule has 0 radical (unpaired) electrons. The molecule has 0 fully saturated rings. The molecule has 168 valence electrons. The average Bonchev–Trinajstić information content (AvgIpc) is 3.30. The Balaban J connectivity index is 1.61. The van der Waals surface area contributed by atoms with Gasteiger partial charge in [0.25, 0.3) is 11.5 Å². The number of hydroxylamine groups is 1. The van der Waals surface area contributed by atoms with E-state index in [2.05, 4.69) is 4.98 Å². The molecule has 0 aliphatic heterocycles. The van der Waals surface area contributed by atoms with Crippen LogP contribution in [0.2, 0.25) is 0 Å². The number of nitrogens with zero attached hydrogens (tertiary/aromatic N) is 4. The summed E-state index contributed by atoms with van der Waals surface area (Å²) in [6, 6.07) is 24.4. The minimum Gasteiger partial charge on any atom is -0.302 e. The van der Waals surface area contributed by atoms with Gasteiger partial charge >= 0.3 is 0 Å². The van der Waals surface area contributed by atoms with Gasteiger partial charge in [-0.2, -0.15) is 5.10 Å². The van der Waals surface area contributed by atoms with Gasteiger partial charge in [0.05, 0.1) is 35.2 Å². The van der Waals surface area contributed by atoms with E-state index in [-0.39, 0.29) is 5.56 Å². The van der Waals surface area contributed by atoms with Crippen LogP contribution in [0.5, 0.6) is 0 Å². The first-order chi connectivity index (χ1) is 16.5. The lowest BCUT2D eigenvalue weighted by Gasteiger charge is -2.09. The minimum atomic E-state index is -0.566. The van der Waals surface area contributed by atoms with Crippen LogP contribution in [0, 0.1) is 0 Å². The van der Waals surface area contributed by atoms with Crippen molar-refractivity contribution in [2.24, 2.45) is 7.05 Å². The summed E-state index contributed by atoms with van der Waals surface area (Å²) in [4.78, 5) is 28.6. The first-order valence-electron chi connectivity index (χ1n) is 10.7. The topological polar surface area (TPSA) is 102 Å². The van der Waals surface area contributed by atoms with Crippen LogP contribution in [0.1, 0.15) is 15.9 Å². The predicted molar refractivity (Wildman–Crippen MR) is 128 cm³/mol. The fourth-order valence-electron chi connectivity index (χ4n) is 3.89. The Morgan fingerprint density at radius 3 is 2.47 bits per heavy atom. The summed E-state index contributed by atoms with van der Waals surface area (Å²) < 4.78 is 3.34. The van der Waals surface area contributed by atoms with Crippen LogP contribution in [0.3, 0.4) is 0 Å². The third-order valence-corrected chi connectivity index (χ3v) is 5.71. The zero-order valence-electron chi connectivity index (χ0n) is 18.3. The SMILES string of the molecule is Cn1cnc2ccc(-c3cc(-c4ccccc4)nn3Cc3ccc(C(=O)NO)cc3)cc2c1=O. The third-order valence-electron chi connectivity index (χ3n) is 5.71. The smallest absolute Gasteiger partial charge is 0.274 e. The molecule has 1 amide bonds. The van der Waals surface area contributed by atoms with Gasteiger partial charge in [-0.3, -0.25) is 19.5 Å². The van der Waals surface area contributed by atoms with E-state index in [1.165, 1.54) is 10.9 Å². The summed E-state index contributed by atoms with van der Waals surface area (Å²) in [5, 5.41) is 14.2. The Hall–Kier alpha value is -4.56. The molecule has 3 aromatic carbocycles. The van der Waals surface area contributed by atoms with Gasteiger partial charge in [-0.25, -0.2) is 10.5 Å². The number of fused-ring (bicyclic) bond motifs is 1. The Morgan fingerprint density at radius 1 is 0.971 bits per heavy atom. The van der Waals surface area contributed by atoms with E-state index < -0.39 is 5.91 Å². The highest BCUT2D eigenvalue weighted by atomic mass is 16.5. The van der Waals surface area contributed by atoms with Gasteiger partial charge in [0, 0.05) is 23.7 Å². The lowest BCUT2D eigenvalue weighted by molar-refractivity contribution is 0.0706. The largest absolute Gasteiger partial charge is 0.302 e. The highest BCUT2D eigenvalue weighted by molar-refractivity contribution is 5.93. The van der Waals surface area contributed by atoms with Gasteiger partial charge in [0.1, 0.15) is 0 Å². The molecule has 8 heteroatoms. The Kier molecular flexibility index (Phi) is 5.49.